The zero-order chi connectivity index (χ0) is 18.9. The molecule has 1 aliphatic heterocycles. The van der Waals surface area contributed by atoms with Crippen LogP contribution in [0.15, 0.2) is 17.1 Å². The van der Waals surface area contributed by atoms with E-state index in [4.69, 9.17) is 0 Å². The molecule has 0 aromatic rings. The third-order valence-electron chi connectivity index (χ3n) is 5.91. The van der Waals surface area contributed by atoms with Crippen molar-refractivity contribution in [2.24, 2.45) is 4.99 Å². The molecule has 3 nitrogen and oxygen atoms in total. The van der Waals surface area contributed by atoms with E-state index in [1.54, 1.807) is 0 Å². The summed E-state index contributed by atoms with van der Waals surface area (Å²) in [5, 5.41) is 9.34. The highest BCUT2D eigenvalue weighted by molar-refractivity contribution is 5.88. The van der Waals surface area contributed by atoms with Gasteiger partial charge in [-0.25, -0.2) is 4.99 Å². The van der Waals surface area contributed by atoms with Gasteiger partial charge in [0.2, 0.25) is 5.84 Å². The second-order valence-corrected chi connectivity index (χ2v) is 7.95. The van der Waals surface area contributed by atoms with Crippen LogP contribution in [-0.4, -0.2) is 48.2 Å². The summed E-state index contributed by atoms with van der Waals surface area (Å²) < 4.78 is 0.867. The number of amidine groups is 1. The second kappa shape index (κ2) is 15.4. The number of allylic oxidation sites excluding steroid dienone is 1. The number of aliphatic hydroxyl groups excluding tert-OH is 1. The van der Waals surface area contributed by atoms with Crippen LogP contribution in [0.2, 0.25) is 0 Å². The molecule has 0 spiro atoms. The number of likely N-dealkylation sites (N-methyl/N-ethyl adjacent to an activating group) is 1. The Labute approximate surface area is 163 Å². The normalized spacial score (nSPS) is 20.2. The van der Waals surface area contributed by atoms with Crippen molar-refractivity contribution in [1.29, 1.82) is 0 Å². The standard InChI is InChI=1S/C23H45N2O/c1-3-5-6-7-8-9-10-11-12-13-14-15-16-17-18-23-24-19-20-25(23,4-2)21-22-26/h17-18,26H,3-16,19-22H2,1-2H3/q+1/b18-17+. The summed E-state index contributed by atoms with van der Waals surface area (Å²) in [4.78, 5) is 4.67. The Hall–Kier alpha value is -0.670. The summed E-state index contributed by atoms with van der Waals surface area (Å²) in [6, 6.07) is 0. The van der Waals surface area contributed by atoms with Gasteiger partial charge < -0.3 is 5.11 Å². The Morgan fingerprint density at radius 2 is 1.46 bits per heavy atom. The first-order valence-electron chi connectivity index (χ1n) is 11.5. The molecule has 1 N–H and O–H groups in total. The Morgan fingerprint density at radius 3 is 2.00 bits per heavy atom. The average molecular weight is 366 g/mol. The fourth-order valence-corrected chi connectivity index (χ4v) is 4.02. The van der Waals surface area contributed by atoms with Crippen molar-refractivity contribution in [3.05, 3.63) is 12.2 Å². The van der Waals surface area contributed by atoms with E-state index in [1.807, 2.05) is 0 Å². The molecule has 0 fully saturated rings. The number of aliphatic hydroxyl groups is 1. The van der Waals surface area contributed by atoms with Gasteiger partial charge in [-0.1, -0.05) is 83.6 Å². The molecule has 1 unspecified atom stereocenters. The molecule has 0 bridgehead atoms. The molecule has 152 valence electrons. The first-order valence-corrected chi connectivity index (χ1v) is 11.5. The van der Waals surface area contributed by atoms with E-state index in [9.17, 15) is 5.11 Å². The topological polar surface area (TPSA) is 32.6 Å². The van der Waals surface area contributed by atoms with Gasteiger partial charge in [-0.05, 0) is 19.8 Å². The summed E-state index contributed by atoms with van der Waals surface area (Å²) in [5.74, 6) is 1.18. The van der Waals surface area contributed by atoms with E-state index in [1.165, 1.54) is 89.3 Å². The Balaban J connectivity index is 1.98. The molecule has 0 amide bonds. The van der Waals surface area contributed by atoms with Gasteiger partial charge in [-0.15, -0.1) is 0 Å². The predicted octanol–water partition coefficient (Wildman–Crippen LogP) is 5.87. The van der Waals surface area contributed by atoms with Crippen molar-refractivity contribution in [2.75, 3.05) is 32.8 Å². The van der Waals surface area contributed by atoms with Crippen LogP contribution in [0.4, 0.5) is 0 Å². The summed E-state index contributed by atoms with van der Waals surface area (Å²) in [7, 11) is 0. The molecule has 1 heterocycles. The lowest BCUT2D eigenvalue weighted by atomic mass is 10.0. The van der Waals surface area contributed by atoms with Crippen LogP contribution in [0, 0.1) is 0 Å². The van der Waals surface area contributed by atoms with Crippen molar-refractivity contribution >= 4 is 5.84 Å². The number of hydrogen-bond donors (Lipinski definition) is 1. The van der Waals surface area contributed by atoms with Crippen molar-refractivity contribution in [2.45, 2.75) is 97.3 Å². The van der Waals surface area contributed by atoms with Crippen LogP contribution < -0.4 is 0 Å². The Morgan fingerprint density at radius 1 is 0.885 bits per heavy atom. The second-order valence-electron chi connectivity index (χ2n) is 7.95. The highest BCUT2D eigenvalue weighted by Gasteiger charge is 2.34. The highest BCUT2D eigenvalue weighted by Crippen LogP contribution is 2.17. The van der Waals surface area contributed by atoms with Crippen LogP contribution >= 0.6 is 0 Å². The lowest BCUT2D eigenvalue weighted by Crippen LogP contribution is -2.51. The molecular formula is C23H45N2O+. The zero-order valence-corrected chi connectivity index (χ0v) is 17.7. The van der Waals surface area contributed by atoms with E-state index in [0.29, 0.717) is 0 Å². The molecule has 0 aromatic carbocycles. The molecule has 0 aromatic heterocycles. The number of aliphatic imine (C=N–C) groups is 1. The van der Waals surface area contributed by atoms with Crippen LogP contribution in [0.3, 0.4) is 0 Å². The third kappa shape index (κ3) is 9.32. The summed E-state index contributed by atoms with van der Waals surface area (Å²) in [6.45, 7) is 8.53. The minimum absolute atomic E-state index is 0.249. The fourth-order valence-electron chi connectivity index (χ4n) is 4.02. The van der Waals surface area contributed by atoms with Gasteiger partial charge in [0.25, 0.3) is 0 Å². The van der Waals surface area contributed by atoms with Gasteiger partial charge in [0.05, 0.1) is 19.7 Å². The maximum absolute atomic E-state index is 9.34. The van der Waals surface area contributed by atoms with Crippen molar-refractivity contribution in [1.82, 2.24) is 0 Å². The van der Waals surface area contributed by atoms with Gasteiger partial charge >= 0.3 is 0 Å². The molecule has 0 radical (unpaired) electrons. The SMILES string of the molecule is CCCCCCCCCCCCCC/C=C/C1=NCC[N+]1(CC)CCO. The first kappa shape index (κ1) is 23.4. The number of hydrogen-bond acceptors (Lipinski definition) is 2. The zero-order valence-electron chi connectivity index (χ0n) is 17.7. The third-order valence-corrected chi connectivity index (χ3v) is 5.91. The largest absolute Gasteiger partial charge is 0.390 e. The Bertz CT molecular complexity index is 392. The van der Waals surface area contributed by atoms with Crippen molar-refractivity contribution in [3.8, 4) is 0 Å². The lowest BCUT2D eigenvalue weighted by molar-refractivity contribution is -0.832. The molecule has 1 aliphatic rings. The summed E-state index contributed by atoms with van der Waals surface area (Å²) in [5.41, 5.74) is 0. The quantitative estimate of drug-likeness (QED) is 0.253. The molecule has 0 saturated carbocycles. The average Bonchev–Trinajstić information content (AvgIpc) is 3.05. The van der Waals surface area contributed by atoms with E-state index >= 15 is 0 Å². The van der Waals surface area contributed by atoms with Gasteiger partial charge in [0.15, 0.2) is 0 Å². The smallest absolute Gasteiger partial charge is 0.222 e. The fraction of sp³-hybridized carbons (Fsp3) is 0.870. The number of nitrogens with zero attached hydrogens (tertiary/aromatic N) is 2. The van der Waals surface area contributed by atoms with Crippen LogP contribution in [0.25, 0.3) is 0 Å². The van der Waals surface area contributed by atoms with Gasteiger partial charge in [0.1, 0.15) is 13.1 Å². The van der Waals surface area contributed by atoms with E-state index in [0.717, 1.165) is 30.7 Å². The van der Waals surface area contributed by atoms with E-state index < -0.39 is 0 Å². The van der Waals surface area contributed by atoms with Crippen molar-refractivity contribution in [3.63, 3.8) is 0 Å². The minimum Gasteiger partial charge on any atom is -0.390 e. The number of quaternary nitrogens is 1. The van der Waals surface area contributed by atoms with Gasteiger partial charge in [-0.2, -0.15) is 0 Å². The molecule has 0 saturated heterocycles. The maximum atomic E-state index is 9.34. The van der Waals surface area contributed by atoms with Gasteiger partial charge in [-0.3, -0.25) is 4.48 Å². The lowest BCUT2D eigenvalue weighted by Gasteiger charge is -2.31. The summed E-state index contributed by atoms with van der Waals surface area (Å²) >= 11 is 0. The molecule has 0 aliphatic carbocycles. The Kier molecular flexibility index (Phi) is 13.8. The molecular weight excluding hydrogens is 320 g/mol. The van der Waals surface area contributed by atoms with Crippen LogP contribution in [0.5, 0.6) is 0 Å². The molecule has 1 rings (SSSR count). The van der Waals surface area contributed by atoms with Crippen LogP contribution in [-0.2, 0) is 0 Å². The molecule has 1 atom stereocenters. The number of unbranched alkanes of at least 4 members (excludes halogenated alkanes) is 12. The molecule has 3 heteroatoms. The number of rotatable bonds is 17. The molecule has 26 heavy (non-hydrogen) atoms. The van der Waals surface area contributed by atoms with E-state index in [-0.39, 0.29) is 6.61 Å². The van der Waals surface area contributed by atoms with E-state index in [2.05, 4.69) is 31.0 Å². The highest BCUT2D eigenvalue weighted by atomic mass is 16.3. The predicted molar refractivity (Wildman–Crippen MR) is 115 cm³/mol. The summed E-state index contributed by atoms with van der Waals surface area (Å²) in [6.07, 6.45) is 22.6. The monoisotopic (exact) mass is 365 g/mol. The van der Waals surface area contributed by atoms with Crippen molar-refractivity contribution < 1.29 is 9.59 Å². The minimum atomic E-state index is 0.249. The van der Waals surface area contributed by atoms with Crippen LogP contribution in [0.1, 0.15) is 97.3 Å². The first-order chi connectivity index (χ1) is 12.8. The van der Waals surface area contributed by atoms with Gasteiger partial charge in [0, 0.05) is 6.08 Å². The maximum Gasteiger partial charge on any atom is 0.222 e.